The first kappa shape index (κ1) is 29.9. The zero-order valence-corrected chi connectivity index (χ0v) is 24.3. The molecule has 0 unspecified atom stereocenters. The minimum absolute atomic E-state index is 0.143. The number of carbonyl (C=O) groups excluding carboxylic acids is 2. The number of esters is 1. The number of aryl methyl sites for hydroxylation is 2. The van der Waals surface area contributed by atoms with Gasteiger partial charge in [-0.15, -0.1) is 0 Å². The second kappa shape index (κ2) is 11.8. The zero-order valence-electron chi connectivity index (χ0n) is 23.5. The first-order valence-electron chi connectivity index (χ1n) is 12.7. The highest BCUT2D eigenvalue weighted by Gasteiger charge is 2.25. The van der Waals surface area contributed by atoms with Crippen LogP contribution in [-0.2, 0) is 24.1 Å². The largest absolute Gasteiger partial charge is 0.456 e. The Kier molecular flexibility index (Phi) is 8.62. The summed E-state index contributed by atoms with van der Waals surface area (Å²) in [4.78, 5) is 34.7. The van der Waals surface area contributed by atoms with Gasteiger partial charge in [0.05, 0.1) is 11.3 Å². The lowest BCUT2D eigenvalue weighted by Gasteiger charge is -2.19. The van der Waals surface area contributed by atoms with E-state index < -0.39 is 29.0 Å². The van der Waals surface area contributed by atoms with E-state index in [1.807, 2.05) is 13.1 Å². The van der Waals surface area contributed by atoms with E-state index in [0.717, 1.165) is 35.2 Å². The maximum atomic E-state index is 14.9. The number of halogens is 3. The van der Waals surface area contributed by atoms with Gasteiger partial charge in [0.1, 0.15) is 34.4 Å². The first-order valence-corrected chi connectivity index (χ1v) is 13.6. The molecule has 0 fully saturated rings. The van der Waals surface area contributed by atoms with Gasteiger partial charge in [-0.2, -0.15) is 5.10 Å². The van der Waals surface area contributed by atoms with Crippen LogP contribution >= 0.6 is 11.8 Å². The molecule has 2 heterocycles. The number of ether oxygens (including phenoxy) is 1. The van der Waals surface area contributed by atoms with E-state index in [2.05, 4.69) is 15.1 Å². The summed E-state index contributed by atoms with van der Waals surface area (Å²) in [7, 11) is 3.42. The summed E-state index contributed by atoms with van der Waals surface area (Å²) in [6.45, 7) is 7.10. The second-order valence-electron chi connectivity index (χ2n) is 10.6. The third-order valence-corrected chi connectivity index (χ3v) is 6.91. The quantitative estimate of drug-likeness (QED) is 0.200. The molecule has 2 aromatic carbocycles. The van der Waals surface area contributed by atoms with Crippen LogP contribution < -0.4 is 0 Å². The van der Waals surface area contributed by atoms with Crippen LogP contribution in [0.25, 0.3) is 11.3 Å². The Labute approximate surface area is 239 Å². The van der Waals surface area contributed by atoms with Crippen LogP contribution in [0.5, 0.6) is 0 Å². The van der Waals surface area contributed by atoms with Crippen LogP contribution in [0.4, 0.5) is 13.2 Å². The summed E-state index contributed by atoms with van der Waals surface area (Å²) >= 11 is 0.977. The van der Waals surface area contributed by atoms with Gasteiger partial charge in [-0.3, -0.25) is 9.48 Å². The number of nitrogens with one attached hydrogen (secondary N) is 1. The molecule has 216 valence electrons. The normalized spacial score (nSPS) is 11.5. The van der Waals surface area contributed by atoms with Gasteiger partial charge in [0.25, 0.3) is 5.91 Å². The molecule has 4 aromatic rings. The lowest BCUT2D eigenvalue weighted by atomic mass is 10.1. The zero-order chi connectivity index (χ0) is 30.1. The summed E-state index contributed by atoms with van der Waals surface area (Å²) < 4.78 is 50.2. The molecule has 8 nitrogen and oxygen atoms in total. The van der Waals surface area contributed by atoms with E-state index in [-0.39, 0.29) is 45.9 Å². The predicted molar refractivity (Wildman–Crippen MR) is 149 cm³/mol. The van der Waals surface area contributed by atoms with Crippen LogP contribution in [0.2, 0.25) is 0 Å². The Hall–Kier alpha value is -4.06. The van der Waals surface area contributed by atoms with Crippen molar-refractivity contribution in [3.05, 3.63) is 88.1 Å². The van der Waals surface area contributed by atoms with Crippen molar-refractivity contribution in [2.75, 3.05) is 7.05 Å². The highest BCUT2D eigenvalue weighted by atomic mass is 32.2. The van der Waals surface area contributed by atoms with E-state index >= 15 is 0 Å². The predicted octanol–water partition coefficient (Wildman–Crippen LogP) is 6.06. The van der Waals surface area contributed by atoms with Crippen LogP contribution in [0.15, 0.2) is 47.8 Å². The number of imidazole rings is 1. The fraction of sp³-hybridized carbons (Fsp3) is 0.310. The molecule has 0 aliphatic carbocycles. The number of amides is 1. The smallest absolute Gasteiger partial charge is 0.338 e. The highest BCUT2D eigenvalue weighted by molar-refractivity contribution is 7.98. The molecule has 0 bridgehead atoms. The van der Waals surface area contributed by atoms with Crippen molar-refractivity contribution in [1.82, 2.24) is 24.6 Å². The first-order chi connectivity index (χ1) is 19.2. The average molecular weight is 586 g/mol. The summed E-state index contributed by atoms with van der Waals surface area (Å²) in [6, 6.07) is 7.37. The molecule has 12 heteroatoms. The molecule has 0 saturated heterocycles. The van der Waals surface area contributed by atoms with Crippen LogP contribution in [0.3, 0.4) is 0 Å². The van der Waals surface area contributed by atoms with E-state index in [0.29, 0.717) is 5.56 Å². The number of carbonyl (C=O) groups is 2. The summed E-state index contributed by atoms with van der Waals surface area (Å²) in [5.41, 5.74) is 1.23. The summed E-state index contributed by atoms with van der Waals surface area (Å²) in [6.07, 6.45) is 1.82. The van der Waals surface area contributed by atoms with Gasteiger partial charge in [0.15, 0.2) is 5.16 Å². The Morgan fingerprint density at radius 1 is 1.10 bits per heavy atom. The number of nitrogens with zero attached hydrogens (tertiary/aromatic N) is 4. The number of aromatic nitrogens is 4. The van der Waals surface area contributed by atoms with E-state index in [1.54, 1.807) is 39.5 Å². The van der Waals surface area contributed by atoms with Gasteiger partial charge < -0.3 is 14.6 Å². The second-order valence-corrected chi connectivity index (χ2v) is 11.5. The minimum atomic E-state index is -0.911. The van der Waals surface area contributed by atoms with Crippen molar-refractivity contribution in [3.63, 3.8) is 0 Å². The van der Waals surface area contributed by atoms with Gasteiger partial charge in [0.2, 0.25) is 0 Å². The number of hydrogen-bond acceptors (Lipinski definition) is 6. The number of aromatic amines is 1. The molecular weight excluding hydrogens is 555 g/mol. The lowest BCUT2D eigenvalue weighted by Crippen LogP contribution is -2.27. The van der Waals surface area contributed by atoms with Crippen LogP contribution in [-0.4, -0.2) is 49.2 Å². The third kappa shape index (κ3) is 7.18. The average Bonchev–Trinajstić information content (AvgIpc) is 3.44. The standard InChI is InChI=1S/C29H30F3N5O3S/c1-16-19(14-37(6)35-16)13-36(5)26(38)25-24(17-7-9-20(30)10-8-17)33-28(34-25)41-15-21-22(31)11-18(12-23(21)32)27(39)40-29(2,3)4/h7-12,14H,13,15H2,1-6H3,(H,33,34). The molecule has 0 saturated carbocycles. The number of H-pyrrole nitrogens is 1. The Balaban J connectivity index is 1.60. The summed E-state index contributed by atoms with van der Waals surface area (Å²) in [5.74, 6) is -3.67. The number of hydrogen-bond donors (Lipinski definition) is 1. The van der Waals surface area contributed by atoms with Crippen molar-refractivity contribution in [2.45, 2.75) is 50.8 Å². The topological polar surface area (TPSA) is 93.1 Å². The van der Waals surface area contributed by atoms with Gasteiger partial charge in [-0.25, -0.2) is 22.9 Å². The Morgan fingerprint density at radius 3 is 2.29 bits per heavy atom. The fourth-order valence-electron chi connectivity index (χ4n) is 4.05. The molecule has 0 spiro atoms. The van der Waals surface area contributed by atoms with Gasteiger partial charge >= 0.3 is 5.97 Å². The molecule has 0 radical (unpaired) electrons. The minimum Gasteiger partial charge on any atom is -0.456 e. The van der Waals surface area contributed by atoms with Crippen molar-refractivity contribution < 1.29 is 27.5 Å². The maximum absolute atomic E-state index is 14.9. The van der Waals surface area contributed by atoms with Crippen molar-refractivity contribution in [1.29, 1.82) is 0 Å². The highest BCUT2D eigenvalue weighted by Crippen LogP contribution is 2.30. The van der Waals surface area contributed by atoms with E-state index in [4.69, 9.17) is 4.74 Å². The van der Waals surface area contributed by atoms with Crippen molar-refractivity contribution in [3.8, 4) is 11.3 Å². The Morgan fingerprint density at radius 2 is 1.73 bits per heavy atom. The van der Waals surface area contributed by atoms with E-state index in [9.17, 15) is 22.8 Å². The molecular formula is C29H30F3N5O3S. The van der Waals surface area contributed by atoms with Crippen LogP contribution in [0.1, 0.15) is 58.4 Å². The number of rotatable bonds is 8. The molecule has 41 heavy (non-hydrogen) atoms. The number of benzene rings is 2. The molecule has 2 aromatic heterocycles. The SMILES string of the molecule is Cc1nn(C)cc1CN(C)C(=O)c1[nH]c(SCc2c(F)cc(C(=O)OC(C)(C)C)cc2F)nc1-c1ccc(F)cc1. The Bertz CT molecular complexity index is 1570. The molecule has 0 atom stereocenters. The molecule has 1 N–H and O–H groups in total. The fourth-order valence-corrected chi connectivity index (χ4v) is 4.94. The molecule has 0 aliphatic rings. The third-order valence-electron chi connectivity index (χ3n) is 6.01. The number of thioether (sulfide) groups is 1. The molecule has 1 amide bonds. The van der Waals surface area contributed by atoms with Gasteiger partial charge in [-0.05, 0) is 64.1 Å². The van der Waals surface area contributed by atoms with Gasteiger partial charge in [0, 0.05) is 49.3 Å². The van der Waals surface area contributed by atoms with E-state index in [1.165, 1.54) is 29.2 Å². The lowest BCUT2D eigenvalue weighted by molar-refractivity contribution is 0.00682. The summed E-state index contributed by atoms with van der Waals surface area (Å²) in [5, 5.41) is 4.53. The monoisotopic (exact) mass is 585 g/mol. The maximum Gasteiger partial charge on any atom is 0.338 e. The van der Waals surface area contributed by atoms with Crippen molar-refractivity contribution in [2.24, 2.45) is 7.05 Å². The molecule has 0 aliphatic heterocycles. The molecule has 4 rings (SSSR count). The van der Waals surface area contributed by atoms with Crippen LogP contribution in [0, 0.1) is 24.4 Å². The van der Waals surface area contributed by atoms with Gasteiger partial charge in [-0.1, -0.05) is 11.8 Å². The van der Waals surface area contributed by atoms with Crippen molar-refractivity contribution >= 4 is 23.6 Å².